The van der Waals surface area contributed by atoms with Gasteiger partial charge in [0.2, 0.25) is 0 Å². The van der Waals surface area contributed by atoms with Gasteiger partial charge in [-0.3, -0.25) is 4.98 Å². The number of halogens is 4. The van der Waals surface area contributed by atoms with Crippen LogP contribution in [0.4, 0.5) is 17.6 Å². The minimum Gasteiger partial charge on any atom is -0.257 e. The summed E-state index contributed by atoms with van der Waals surface area (Å²) in [7, 11) is 0. The molecule has 0 unspecified atom stereocenters. The van der Waals surface area contributed by atoms with Gasteiger partial charge in [-0.2, -0.15) is 18.4 Å². The first-order valence-corrected chi connectivity index (χ1v) is 3.53. The Morgan fingerprint density at radius 3 is 2.57 bits per heavy atom. The second kappa shape index (κ2) is 3.62. The molecule has 0 aliphatic heterocycles. The second-order valence-corrected chi connectivity index (χ2v) is 2.48. The van der Waals surface area contributed by atoms with Crippen molar-refractivity contribution in [3.8, 4) is 6.07 Å². The molecule has 14 heavy (non-hydrogen) atoms. The Morgan fingerprint density at radius 2 is 2.07 bits per heavy atom. The molecule has 1 rings (SSSR count). The molecule has 1 aromatic rings. The van der Waals surface area contributed by atoms with Crippen LogP contribution >= 0.6 is 0 Å². The second-order valence-electron chi connectivity index (χ2n) is 2.48. The lowest BCUT2D eigenvalue weighted by molar-refractivity contribution is -0.138. The van der Waals surface area contributed by atoms with Crippen LogP contribution in [0.5, 0.6) is 0 Å². The van der Waals surface area contributed by atoms with Gasteiger partial charge >= 0.3 is 6.18 Å². The van der Waals surface area contributed by atoms with Gasteiger partial charge in [-0.1, -0.05) is 0 Å². The van der Waals surface area contributed by atoms with Crippen LogP contribution in [-0.4, -0.2) is 4.98 Å². The number of nitrogens with zero attached hydrogens (tertiary/aromatic N) is 2. The average Bonchev–Trinajstić information content (AvgIpc) is 2.07. The lowest BCUT2D eigenvalue weighted by Gasteiger charge is -2.09. The Balaban J connectivity index is 3.24. The molecule has 1 aromatic heterocycles. The van der Waals surface area contributed by atoms with E-state index in [2.05, 4.69) is 4.98 Å². The Kier molecular flexibility index (Phi) is 2.70. The Morgan fingerprint density at radius 1 is 1.43 bits per heavy atom. The maximum absolute atomic E-state index is 12.5. The summed E-state index contributed by atoms with van der Waals surface area (Å²) in [6, 6.07) is 1.86. The van der Waals surface area contributed by atoms with E-state index in [1.807, 2.05) is 0 Å². The molecule has 0 aliphatic carbocycles. The largest absolute Gasteiger partial charge is 0.418 e. The van der Waals surface area contributed by atoms with Crippen LogP contribution in [0.1, 0.15) is 11.3 Å². The van der Waals surface area contributed by atoms with E-state index in [-0.39, 0.29) is 0 Å². The molecule has 0 spiro atoms. The molecule has 1 heterocycles. The number of hydrogen-bond donors (Lipinski definition) is 0. The van der Waals surface area contributed by atoms with Crippen molar-refractivity contribution in [3.05, 3.63) is 29.3 Å². The molecule has 74 valence electrons. The third-order valence-electron chi connectivity index (χ3n) is 1.49. The average molecular weight is 204 g/mol. The molecule has 6 heteroatoms. The van der Waals surface area contributed by atoms with Crippen molar-refractivity contribution in [2.45, 2.75) is 12.6 Å². The quantitative estimate of drug-likeness (QED) is 0.658. The van der Waals surface area contributed by atoms with Crippen LogP contribution in [-0.2, 0) is 12.6 Å². The molecular formula is C8H4F4N2. The first-order valence-electron chi connectivity index (χ1n) is 3.53. The van der Waals surface area contributed by atoms with Gasteiger partial charge in [0.1, 0.15) is 5.82 Å². The number of pyridine rings is 1. The first-order chi connectivity index (χ1) is 6.45. The number of rotatable bonds is 1. The summed E-state index contributed by atoms with van der Waals surface area (Å²) >= 11 is 0. The summed E-state index contributed by atoms with van der Waals surface area (Å²) < 4.78 is 49.2. The number of hydrogen-bond acceptors (Lipinski definition) is 2. The number of aromatic nitrogens is 1. The van der Waals surface area contributed by atoms with Gasteiger partial charge in [-0.25, -0.2) is 4.39 Å². The molecule has 0 fully saturated rings. The normalized spacial score (nSPS) is 11.1. The van der Waals surface area contributed by atoms with E-state index in [4.69, 9.17) is 5.26 Å². The van der Waals surface area contributed by atoms with Crippen molar-refractivity contribution in [1.82, 2.24) is 4.98 Å². The van der Waals surface area contributed by atoms with Crippen LogP contribution in [0.25, 0.3) is 0 Å². The molecule has 0 amide bonds. The summed E-state index contributed by atoms with van der Waals surface area (Å²) in [5.74, 6) is -1.07. The first kappa shape index (κ1) is 10.4. The Hall–Kier alpha value is -1.64. The van der Waals surface area contributed by atoms with Gasteiger partial charge in [0, 0.05) is 0 Å². The maximum Gasteiger partial charge on any atom is 0.418 e. The van der Waals surface area contributed by atoms with E-state index in [1.165, 1.54) is 6.07 Å². The van der Waals surface area contributed by atoms with Crippen molar-refractivity contribution in [3.63, 3.8) is 0 Å². The monoisotopic (exact) mass is 204 g/mol. The van der Waals surface area contributed by atoms with Gasteiger partial charge < -0.3 is 0 Å². The molecule has 0 N–H and O–H groups in total. The predicted molar refractivity (Wildman–Crippen MR) is 38.5 cm³/mol. The van der Waals surface area contributed by atoms with E-state index in [9.17, 15) is 17.6 Å². The van der Waals surface area contributed by atoms with E-state index in [0.29, 0.717) is 12.3 Å². The van der Waals surface area contributed by atoms with E-state index in [0.717, 1.165) is 0 Å². The minimum absolute atomic E-state index is 0.333. The fourth-order valence-electron chi connectivity index (χ4n) is 0.929. The number of nitriles is 1. The van der Waals surface area contributed by atoms with Gasteiger partial charge in [0.25, 0.3) is 0 Å². The zero-order valence-corrected chi connectivity index (χ0v) is 6.77. The zero-order valence-electron chi connectivity index (χ0n) is 6.77. The Labute approximate surface area is 76.8 Å². The molecule has 0 atom stereocenters. The summed E-state index contributed by atoms with van der Waals surface area (Å²) in [4.78, 5) is 3.22. The molecule has 0 bridgehead atoms. The highest BCUT2D eigenvalue weighted by Crippen LogP contribution is 2.31. The minimum atomic E-state index is -4.68. The lowest BCUT2D eigenvalue weighted by Crippen LogP contribution is -2.11. The maximum atomic E-state index is 12.5. The fourth-order valence-corrected chi connectivity index (χ4v) is 0.929. The SMILES string of the molecule is N#CCc1ncc(F)cc1C(F)(F)F. The van der Waals surface area contributed by atoms with Crippen molar-refractivity contribution in [2.24, 2.45) is 0 Å². The molecular weight excluding hydrogens is 200 g/mol. The van der Waals surface area contributed by atoms with Crippen molar-refractivity contribution in [2.75, 3.05) is 0 Å². The highest BCUT2D eigenvalue weighted by atomic mass is 19.4. The third kappa shape index (κ3) is 2.19. The van der Waals surface area contributed by atoms with Crippen LogP contribution in [0.15, 0.2) is 12.3 Å². The van der Waals surface area contributed by atoms with Crippen LogP contribution in [0, 0.1) is 17.1 Å². The molecule has 0 saturated carbocycles. The highest BCUT2D eigenvalue weighted by Gasteiger charge is 2.34. The Bertz CT molecular complexity index is 378. The molecule has 0 aliphatic rings. The topological polar surface area (TPSA) is 36.7 Å². The summed E-state index contributed by atoms with van der Waals surface area (Å²) in [5, 5.41) is 8.23. The summed E-state index contributed by atoms with van der Waals surface area (Å²) in [6.07, 6.45) is -4.52. The molecule has 0 aromatic carbocycles. The van der Waals surface area contributed by atoms with E-state index in [1.54, 1.807) is 0 Å². The van der Waals surface area contributed by atoms with Crippen LogP contribution in [0.3, 0.4) is 0 Å². The lowest BCUT2D eigenvalue weighted by atomic mass is 10.1. The van der Waals surface area contributed by atoms with Crippen LogP contribution < -0.4 is 0 Å². The van der Waals surface area contributed by atoms with Crippen LogP contribution in [0.2, 0.25) is 0 Å². The highest BCUT2D eigenvalue weighted by molar-refractivity contribution is 5.25. The van der Waals surface area contributed by atoms with Gasteiger partial charge in [0.05, 0.1) is 29.9 Å². The fraction of sp³-hybridized carbons (Fsp3) is 0.250. The van der Waals surface area contributed by atoms with Gasteiger partial charge in [0.15, 0.2) is 0 Å². The molecule has 0 saturated heterocycles. The van der Waals surface area contributed by atoms with E-state index >= 15 is 0 Å². The van der Waals surface area contributed by atoms with Crippen molar-refractivity contribution in [1.29, 1.82) is 5.26 Å². The van der Waals surface area contributed by atoms with Crippen molar-refractivity contribution >= 4 is 0 Å². The summed E-state index contributed by atoms with van der Waals surface area (Å²) in [5.41, 5.74) is -1.65. The summed E-state index contributed by atoms with van der Waals surface area (Å²) in [6.45, 7) is 0. The van der Waals surface area contributed by atoms with Gasteiger partial charge in [-0.15, -0.1) is 0 Å². The smallest absolute Gasteiger partial charge is 0.257 e. The molecule has 2 nitrogen and oxygen atoms in total. The zero-order chi connectivity index (χ0) is 10.8. The third-order valence-corrected chi connectivity index (χ3v) is 1.49. The van der Waals surface area contributed by atoms with Crippen molar-refractivity contribution < 1.29 is 17.6 Å². The molecule has 0 radical (unpaired) electrons. The van der Waals surface area contributed by atoms with Gasteiger partial charge in [-0.05, 0) is 6.07 Å². The predicted octanol–water partition coefficient (Wildman–Crippen LogP) is 2.31. The standard InChI is InChI=1S/C8H4F4N2/c9-5-3-6(8(10,11)12)7(1-2-13)14-4-5/h3-4H,1H2. The number of alkyl halides is 3. The van der Waals surface area contributed by atoms with E-state index < -0.39 is 29.7 Å².